The molecule has 1 amide bonds. The minimum absolute atomic E-state index is 0.148. The molecule has 0 saturated heterocycles. The fourth-order valence-corrected chi connectivity index (χ4v) is 4.33. The van der Waals surface area contributed by atoms with Crippen LogP contribution in [-0.2, 0) is 0 Å². The van der Waals surface area contributed by atoms with Crippen LogP contribution < -0.4 is 10.2 Å². The predicted octanol–water partition coefficient (Wildman–Crippen LogP) is 4.47. The zero-order chi connectivity index (χ0) is 22.7. The third-order valence-corrected chi connectivity index (χ3v) is 6.07. The third-order valence-electron chi connectivity index (χ3n) is 6.07. The van der Waals surface area contributed by atoms with E-state index in [1.807, 2.05) is 30.3 Å². The van der Waals surface area contributed by atoms with Crippen LogP contribution >= 0.6 is 0 Å². The maximum Gasteiger partial charge on any atom is 0.290 e. The largest absolute Gasteiger partial charge is 0.494 e. The first-order chi connectivity index (χ1) is 15.6. The van der Waals surface area contributed by atoms with Crippen molar-refractivity contribution >= 4 is 16.9 Å². The third kappa shape index (κ3) is 4.02. The SMILES string of the molecule is CCCOc1cccc(C2c3c(oc4ccccc4c3=O)C(=O)N2CCN(CC)CC)c1. The van der Waals surface area contributed by atoms with Crippen molar-refractivity contribution in [3.8, 4) is 5.75 Å². The van der Waals surface area contributed by atoms with Crippen molar-refractivity contribution in [1.29, 1.82) is 0 Å². The van der Waals surface area contributed by atoms with Crippen molar-refractivity contribution in [2.45, 2.75) is 33.2 Å². The molecule has 6 nitrogen and oxygen atoms in total. The van der Waals surface area contributed by atoms with E-state index in [0.717, 1.165) is 37.4 Å². The van der Waals surface area contributed by atoms with E-state index >= 15 is 0 Å². The summed E-state index contributed by atoms with van der Waals surface area (Å²) in [7, 11) is 0. The van der Waals surface area contributed by atoms with Crippen molar-refractivity contribution in [2.24, 2.45) is 0 Å². The van der Waals surface area contributed by atoms with Crippen LogP contribution in [0.1, 0.15) is 54.9 Å². The van der Waals surface area contributed by atoms with Gasteiger partial charge in [-0.2, -0.15) is 0 Å². The highest BCUT2D eigenvalue weighted by Crippen LogP contribution is 2.38. The Morgan fingerprint density at radius 2 is 1.81 bits per heavy atom. The number of benzene rings is 2. The normalized spacial score (nSPS) is 15.6. The maximum atomic E-state index is 13.5. The molecule has 32 heavy (non-hydrogen) atoms. The number of para-hydroxylation sites is 1. The van der Waals surface area contributed by atoms with E-state index in [-0.39, 0.29) is 17.1 Å². The molecule has 0 radical (unpaired) electrons. The number of rotatable bonds is 9. The molecule has 1 unspecified atom stereocenters. The number of hydrogen-bond donors (Lipinski definition) is 0. The van der Waals surface area contributed by atoms with Gasteiger partial charge in [-0.15, -0.1) is 0 Å². The number of carbonyl (C=O) groups excluding carboxylic acids is 1. The van der Waals surface area contributed by atoms with Crippen molar-refractivity contribution in [1.82, 2.24) is 9.80 Å². The van der Waals surface area contributed by atoms with Crippen molar-refractivity contribution in [2.75, 3.05) is 32.8 Å². The van der Waals surface area contributed by atoms with Crippen LogP contribution in [0, 0.1) is 0 Å². The highest BCUT2D eigenvalue weighted by molar-refractivity contribution is 5.99. The Morgan fingerprint density at radius 3 is 2.56 bits per heavy atom. The lowest BCUT2D eigenvalue weighted by Gasteiger charge is -2.28. The lowest BCUT2D eigenvalue weighted by Crippen LogP contribution is -2.37. The molecule has 0 aliphatic carbocycles. The Balaban J connectivity index is 1.83. The topological polar surface area (TPSA) is 63.0 Å². The van der Waals surface area contributed by atoms with E-state index in [4.69, 9.17) is 9.15 Å². The highest BCUT2D eigenvalue weighted by Gasteiger charge is 2.42. The molecule has 0 N–H and O–H groups in total. The molecule has 2 heterocycles. The molecule has 0 saturated carbocycles. The quantitative estimate of drug-likeness (QED) is 0.497. The average Bonchev–Trinajstić information content (AvgIpc) is 3.10. The smallest absolute Gasteiger partial charge is 0.290 e. The molecule has 1 atom stereocenters. The van der Waals surface area contributed by atoms with Crippen LogP contribution in [0.3, 0.4) is 0 Å². The summed E-state index contributed by atoms with van der Waals surface area (Å²) in [6, 6.07) is 14.3. The van der Waals surface area contributed by atoms with Gasteiger partial charge in [-0.05, 0) is 49.3 Å². The van der Waals surface area contributed by atoms with Gasteiger partial charge in [-0.1, -0.05) is 45.0 Å². The number of nitrogens with zero attached hydrogens (tertiary/aromatic N) is 2. The molecule has 168 valence electrons. The van der Waals surface area contributed by atoms with Crippen molar-refractivity contribution in [3.63, 3.8) is 0 Å². The monoisotopic (exact) mass is 434 g/mol. The van der Waals surface area contributed by atoms with Gasteiger partial charge >= 0.3 is 0 Å². The summed E-state index contributed by atoms with van der Waals surface area (Å²) in [6.07, 6.45) is 0.903. The summed E-state index contributed by atoms with van der Waals surface area (Å²) in [4.78, 5) is 31.0. The van der Waals surface area contributed by atoms with Crippen LogP contribution in [0.25, 0.3) is 11.0 Å². The van der Waals surface area contributed by atoms with Gasteiger partial charge in [0.15, 0.2) is 5.43 Å². The van der Waals surface area contributed by atoms with Gasteiger partial charge < -0.3 is 19.0 Å². The van der Waals surface area contributed by atoms with Crippen molar-refractivity contribution < 1.29 is 13.9 Å². The van der Waals surface area contributed by atoms with E-state index in [1.165, 1.54) is 0 Å². The van der Waals surface area contributed by atoms with Gasteiger partial charge in [-0.3, -0.25) is 9.59 Å². The van der Waals surface area contributed by atoms with Gasteiger partial charge in [0.2, 0.25) is 5.76 Å². The molecule has 1 aliphatic heterocycles. The first kappa shape index (κ1) is 22.1. The average molecular weight is 435 g/mol. The van der Waals surface area contributed by atoms with E-state index in [2.05, 4.69) is 25.7 Å². The number of hydrogen-bond acceptors (Lipinski definition) is 5. The number of likely N-dealkylation sites (N-methyl/N-ethyl adjacent to an activating group) is 1. The molecule has 0 bridgehead atoms. The van der Waals surface area contributed by atoms with Crippen LogP contribution in [0.15, 0.2) is 57.7 Å². The molecule has 4 rings (SSSR count). The maximum absolute atomic E-state index is 13.5. The van der Waals surface area contributed by atoms with Crippen LogP contribution in [0.2, 0.25) is 0 Å². The minimum Gasteiger partial charge on any atom is -0.494 e. The number of carbonyl (C=O) groups is 1. The summed E-state index contributed by atoms with van der Waals surface area (Å²) < 4.78 is 11.8. The second-order valence-electron chi connectivity index (χ2n) is 8.02. The van der Waals surface area contributed by atoms with Crippen molar-refractivity contribution in [3.05, 3.63) is 75.6 Å². The first-order valence-corrected chi connectivity index (χ1v) is 11.4. The summed E-state index contributed by atoms with van der Waals surface area (Å²) in [6.45, 7) is 9.91. The molecule has 1 aromatic heterocycles. The zero-order valence-electron chi connectivity index (χ0n) is 19.0. The molecule has 1 aliphatic rings. The summed E-state index contributed by atoms with van der Waals surface area (Å²) in [5.41, 5.74) is 1.56. The molecule has 6 heteroatoms. The van der Waals surface area contributed by atoms with Crippen LogP contribution in [0.5, 0.6) is 5.75 Å². The Kier molecular flexibility index (Phi) is 6.61. The number of ether oxygens (including phenoxy) is 1. The highest BCUT2D eigenvalue weighted by atomic mass is 16.5. The number of fused-ring (bicyclic) bond motifs is 2. The fourth-order valence-electron chi connectivity index (χ4n) is 4.33. The van der Waals surface area contributed by atoms with Gasteiger partial charge in [0.05, 0.1) is 23.6 Å². The molecule has 0 fully saturated rings. The van der Waals surface area contributed by atoms with E-state index in [0.29, 0.717) is 29.7 Å². The Labute approximate surface area is 188 Å². The Bertz CT molecular complexity index is 1170. The van der Waals surface area contributed by atoms with Gasteiger partial charge in [0.25, 0.3) is 5.91 Å². The van der Waals surface area contributed by atoms with Crippen LogP contribution in [0.4, 0.5) is 0 Å². The lowest BCUT2D eigenvalue weighted by molar-refractivity contribution is 0.0708. The van der Waals surface area contributed by atoms with Gasteiger partial charge in [0.1, 0.15) is 11.3 Å². The van der Waals surface area contributed by atoms with Gasteiger partial charge in [0, 0.05) is 13.1 Å². The second kappa shape index (κ2) is 9.57. The predicted molar refractivity (Wildman–Crippen MR) is 125 cm³/mol. The summed E-state index contributed by atoms with van der Waals surface area (Å²) in [5, 5.41) is 0.494. The van der Waals surface area contributed by atoms with E-state index < -0.39 is 6.04 Å². The molecular weight excluding hydrogens is 404 g/mol. The Hall–Kier alpha value is -3.12. The summed E-state index contributed by atoms with van der Waals surface area (Å²) in [5.74, 6) is 0.650. The fraction of sp³-hybridized carbons (Fsp3) is 0.385. The zero-order valence-corrected chi connectivity index (χ0v) is 19.0. The second-order valence-corrected chi connectivity index (χ2v) is 8.02. The Morgan fingerprint density at radius 1 is 1.03 bits per heavy atom. The molecule has 2 aromatic carbocycles. The molecule has 3 aromatic rings. The first-order valence-electron chi connectivity index (χ1n) is 11.4. The lowest BCUT2D eigenvalue weighted by atomic mass is 9.98. The summed E-state index contributed by atoms with van der Waals surface area (Å²) >= 11 is 0. The van der Waals surface area contributed by atoms with Crippen LogP contribution in [-0.4, -0.2) is 48.5 Å². The number of amides is 1. The van der Waals surface area contributed by atoms with E-state index in [1.54, 1.807) is 23.1 Å². The molecule has 0 spiro atoms. The van der Waals surface area contributed by atoms with Gasteiger partial charge in [-0.25, -0.2) is 0 Å². The standard InChI is InChI=1S/C26H30N2O4/c1-4-16-31-19-11-9-10-18(17-19)23-22-24(29)20-12-7-8-13-21(20)32-25(22)26(30)28(23)15-14-27(5-2)6-3/h7-13,17,23H,4-6,14-16H2,1-3H3. The molecular formula is C26H30N2O4. The van der Waals surface area contributed by atoms with E-state index in [9.17, 15) is 9.59 Å². The minimum atomic E-state index is -0.501.